The van der Waals surface area contributed by atoms with E-state index in [2.05, 4.69) is 44.7 Å². The van der Waals surface area contributed by atoms with Crippen molar-refractivity contribution < 1.29 is 13.9 Å². The molecule has 0 spiro atoms. The number of aromatic nitrogens is 1. The molecule has 1 heterocycles. The van der Waals surface area contributed by atoms with Crippen LogP contribution in [0, 0.1) is 5.82 Å². The van der Waals surface area contributed by atoms with Gasteiger partial charge in [-0.2, -0.15) is 0 Å². The van der Waals surface area contributed by atoms with E-state index >= 15 is 0 Å². The first-order valence-corrected chi connectivity index (χ1v) is 12.3. The van der Waals surface area contributed by atoms with Gasteiger partial charge in [-0.05, 0) is 74.6 Å². The Morgan fingerprint density at radius 2 is 1.94 bits per heavy atom. The maximum absolute atomic E-state index is 14.3. The minimum Gasteiger partial charge on any atom is -0.486 e. The van der Waals surface area contributed by atoms with E-state index in [0.29, 0.717) is 6.10 Å². The molecule has 0 aliphatic carbocycles. The lowest BCUT2D eigenvalue weighted by atomic mass is 10.1. The van der Waals surface area contributed by atoms with Crippen LogP contribution in [-0.4, -0.2) is 24.3 Å². The fourth-order valence-corrected chi connectivity index (χ4v) is 3.80. The molecular weight excluding hydrogens is 425 g/mol. The molecule has 1 aromatic heterocycles. The number of halogens is 1. The molecule has 1 unspecified atom stereocenters. The third kappa shape index (κ3) is 7.81. The summed E-state index contributed by atoms with van der Waals surface area (Å²) >= 11 is 0. The van der Waals surface area contributed by atoms with E-state index in [1.807, 2.05) is 24.3 Å². The summed E-state index contributed by atoms with van der Waals surface area (Å²) in [4.78, 5) is 4.72. The van der Waals surface area contributed by atoms with Crippen LogP contribution in [0.25, 0.3) is 28.2 Å². The van der Waals surface area contributed by atoms with Gasteiger partial charge in [0, 0.05) is 17.6 Å². The first kappa shape index (κ1) is 25.6. The highest BCUT2D eigenvalue weighted by Crippen LogP contribution is 2.26. The van der Waals surface area contributed by atoms with Crippen LogP contribution < -0.4 is 4.74 Å². The van der Waals surface area contributed by atoms with E-state index in [-0.39, 0.29) is 12.4 Å². The third-order valence-corrected chi connectivity index (χ3v) is 5.74. The average molecular weight is 462 g/mol. The molecular formula is C30H36FNO2. The Bertz CT molecular complexity index is 1090. The van der Waals surface area contributed by atoms with Gasteiger partial charge in [-0.1, -0.05) is 56.7 Å². The number of pyridine rings is 1. The van der Waals surface area contributed by atoms with E-state index in [4.69, 9.17) is 14.5 Å². The quantitative estimate of drug-likeness (QED) is 0.178. The summed E-state index contributed by atoms with van der Waals surface area (Å²) in [6.07, 6.45) is 13.2. The Balaban J connectivity index is 1.55. The van der Waals surface area contributed by atoms with Crippen LogP contribution in [0.2, 0.25) is 0 Å². The maximum Gasteiger partial charge on any atom is 0.165 e. The summed E-state index contributed by atoms with van der Waals surface area (Å²) < 4.78 is 25.5. The molecule has 34 heavy (non-hydrogen) atoms. The second-order valence-electron chi connectivity index (χ2n) is 8.62. The molecule has 2 aromatic carbocycles. The minimum absolute atomic E-state index is 0.217. The summed E-state index contributed by atoms with van der Waals surface area (Å²) in [5.41, 5.74) is 3.49. The van der Waals surface area contributed by atoms with Gasteiger partial charge >= 0.3 is 0 Å². The van der Waals surface area contributed by atoms with Gasteiger partial charge < -0.3 is 9.47 Å². The Labute approximate surface area is 203 Å². The number of allylic oxidation sites excluding steroid dienone is 1. The number of ether oxygens (including phenoxy) is 2. The predicted molar refractivity (Wildman–Crippen MR) is 141 cm³/mol. The first-order valence-electron chi connectivity index (χ1n) is 12.3. The SMILES string of the molecule is C=CCOc1ccc(-c2ccc3cc(/C=C/CCCC(C)OCCCCC)ccc3n2)cc1F. The highest BCUT2D eigenvalue weighted by molar-refractivity contribution is 5.83. The lowest BCUT2D eigenvalue weighted by Crippen LogP contribution is -2.08. The Kier molecular flexibility index (Phi) is 10.3. The molecule has 3 aromatic rings. The smallest absolute Gasteiger partial charge is 0.165 e. The molecule has 1 atom stereocenters. The van der Waals surface area contributed by atoms with E-state index in [1.54, 1.807) is 12.1 Å². The lowest BCUT2D eigenvalue weighted by molar-refractivity contribution is 0.0566. The summed E-state index contributed by atoms with van der Waals surface area (Å²) in [7, 11) is 0. The highest BCUT2D eigenvalue weighted by atomic mass is 19.1. The van der Waals surface area contributed by atoms with Crippen LogP contribution in [0.4, 0.5) is 4.39 Å². The van der Waals surface area contributed by atoms with Crippen LogP contribution >= 0.6 is 0 Å². The Hall–Kier alpha value is -2.98. The lowest BCUT2D eigenvalue weighted by Gasteiger charge is -2.12. The van der Waals surface area contributed by atoms with Gasteiger partial charge in [0.25, 0.3) is 0 Å². The molecule has 3 rings (SSSR count). The average Bonchev–Trinajstić information content (AvgIpc) is 2.85. The molecule has 0 radical (unpaired) electrons. The molecule has 180 valence electrons. The predicted octanol–water partition coefficient (Wildman–Crippen LogP) is 8.38. The molecule has 0 bridgehead atoms. The molecule has 0 aliphatic rings. The minimum atomic E-state index is -0.404. The van der Waals surface area contributed by atoms with Crippen molar-refractivity contribution in [2.75, 3.05) is 13.2 Å². The summed E-state index contributed by atoms with van der Waals surface area (Å²) in [5, 5.41) is 1.06. The zero-order valence-electron chi connectivity index (χ0n) is 20.4. The molecule has 4 heteroatoms. The normalized spacial score (nSPS) is 12.3. The molecule has 0 saturated heterocycles. The van der Waals surface area contributed by atoms with Crippen molar-refractivity contribution in [3.05, 3.63) is 78.6 Å². The fourth-order valence-electron chi connectivity index (χ4n) is 3.80. The van der Waals surface area contributed by atoms with E-state index in [0.717, 1.165) is 60.0 Å². The molecule has 0 amide bonds. The molecule has 0 aliphatic heterocycles. The standard InChI is InChI=1S/C30H36FNO2/c1-4-6-10-20-33-23(3)11-8-7-9-12-24-13-16-28-25(21-24)14-17-29(32-28)26-15-18-30(27(31)22-26)34-19-5-2/h5,9,12-18,21-23H,2,4,6-8,10-11,19-20H2,1,3H3/b12-9+. The van der Waals surface area contributed by atoms with Crippen molar-refractivity contribution in [3.8, 4) is 17.0 Å². The largest absolute Gasteiger partial charge is 0.486 e. The number of unbranched alkanes of at least 4 members (excludes halogenated alkanes) is 3. The van der Waals surface area contributed by atoms with E-state index < -0.39 is 5.82 Å². The van der Waals surface area contributed by atoms with Gasteiger partial charge in [-0.3, -0.25) is 0 Å². The number of fused-ring (bicyclic) bond motifs is 1. The third-order valence-electron chi connectivity index (χ3n) is 5.74. The fraction of sp³-hybridized carbons (Fsp3) is 0.367. The van der Waals surface area contributed by atoms with Crippen molar-refractivity contribution >= 4 is 17.0 Å². The molecule has 3 nitrogen and oxygen atoms in total. The Morgan fingerprint density at radius 1 is 1.06 bits per heavy atom. The molecule has 0 fully saturated rings. The number of hydrogen-bond acceptors (Lipinski definition) is 3. The van der Waals surface area contributed by atoms with Crippen LogP contribution in [0.15, 0.2) is 67.3 Å². The van der Waals surface area contributed by atoms with E-state index in [9.17, 15) is 4.39 Å². The maximum atomic E-state index is 14.3. The number of benzene rings is 2. The van der Waals surface area contributed by atoms with Crippen molar-refractivity contribution in [2.24, 2.45) is 0 Å². The van der Waals surface area contributed by atoms with Crippen molar-refractivity contribution in [1.29, 1.82) is 0 Å². The zero-order chi connectivity index (χ0) is 24.2. The monoisotopic (exact) mass is 461 g/mol. The van der Waals surface area contributed by atoms with Crippen LogP contribution in [-0.2, 0) is 4.74 Å². The van der Waals surface area contributed by atoms with Gasteiger partial charge in [0.05, 0.1) is 17.3 Å². The topological polar surface area (TPSA) is 31.4 Å². The van der Waals surface area contributed by atoms with Crippen molar-refractivity contribution in [2.45, 2.75) is 58.5 Å². The first-order chi connectivity index (χ1) is 16.6. The number of nitrogens with zero attached hydrogens (tertiary/aromatic N) is 1. The zero-order valence-corrected chi connectivity index (χ0v) is 20.4. The number of rotatable bonds is 14. The summed E-state index contributed by atoms with van der Waals surface area (Å²) in [5.74, 6) is -0.186. The second kappa shape index (κ2) is 13.7. The summed E-state index contributed by atoms with van der Waals surface area (Å²) in [6.45, 7) is 9.11. The van der Waals surface area contributed by atoms with Crippen molar-refractivity contribution in [1.82, 2.24) is 4.98 Å². The van der Waals surface area contributed by atoms with Gasteiger partial charge in [0.1, 0.15) is 6.61 Å². The Morgan fingerprint density at radius 3 is 2.74 bits per heavy atom. The van der Waals surface area contributed by atoms with Gasteiger partial charge in [0.2, 0.25) is 0 Å². The second-order valence-corrected chi connectivity index (χ2v) is 8.62. The van der Waals surface area contributed by atoms with Gasteiger partial charge in [0.15, 0.2) is 11.6 Å². The van der Waals surface area contributed by atoms with Crippen LogP contribution in [0.5, 0.6) is 5.75 Å². The van der Waals surface area contributed by atoms with E-state index in [1.165, 1.54) is 18.9 Å². The molecule has 0 saturated carbocycles. The van der Waals surface area contributed by atoms with Crippen LogP contribution in [0.3, 0.4) is 0 Å². The summed E-state index contributed by atoms with van der Waals surface area (Å²) in [6, 6.07) is 15.1. The molecule has 0 N–H and O–H groups in total. The highest BCUT2D eigenvalue weighted by Gasteiger charge is 2.08. The van der Waals surface area contributed by atoms with Gasteiger partial charge in [-0.15, -0.1) is 0 Å². The van der Waals surface area contributed by atoms with Gasteiger partial charge in [-0.25, -0.2) is 9.37 Å². The van der Waals surface area contributed by atoms with Crippen LogP contribution in [0.1, 0.15) is 57.9 Å². The van der Waals surface area contributed by atoms with Crippen molar-refractivity contribution in [3.63, 3.8) is 0 Å². The number of hydrogen-bond donors (Lipinski definition) is 0.